The van der Waals surface area contributed by atoms with Crippen LogP contribution in [0.1, 0.15) is 62.6 Å². The Hall–Kier alpha value is -4.39. The third-order valence-corrected chi connectivity index (χ3v) is 7.21. The predicted octanol–water partition coefficient (Wildman–Crippen LogP) is 3.16. The molecule has 3 aromatic heterocycles. The molecule has 1 aliphatic rings. The number of rotatable bonds is 7. The molecule has 4 heterocycles. The molecule has 1 aromatic carbocycles. The molecule has 0 bridgehead atoms. The Balaban J connectivity index is 1.33. The highest BCUT2D eigenvalue weighted by atomic mass is 19.1. The number of carbonyl (C=O) groups excluding carboxylic acids is 2. The van der Waals surface area contributed by atoms with E-state index in [1.807, 2.05) is 27.7 Å². The third-order valence-electron chi connectivity index (χ3n) is 7.21. The van der Waals surface area contributed by atoms with Crippen LogP contribution in [0.25, 0.3) is 22.2 Å². The van der Waals surface area contributed by atoms with Gasteiger partial charge >= 0.3 is 0 Å². The number of H-pyrrole nitrogens is 1. The van der Waals surface area contributed by atoms with Crippen molar-refractivity contribution in [3.8, 4) is 11.1 Å². The van der Waals surface area contributed by atoms with Crippen LogP contribution in [0.5, 0.6) is 0 Å². The summed E-state index contributed by atoms with van der Waals surface area (Å²) in [4.78, 5) is 34.8. The summed E-state index contributed by atoms with van der Waals surface area (Å²) in [6, 6.07) is 6.53. The highest BCUT2D eigenvalue weighted by Crippen LogP contribution is 2.33. The van der Waals surface area contributed by atoms with E-state index in [-0.39, 0.29) is 30.4 Å². The van der Waals surface area contributed by atoms with Crippen LogP contribution in [0.3, 0.4) is 0 Å². The number of hydrogen-bond donors (Lipinski definition) is 4. The number of halogens is 1. The zero-order chi connectivity index (χ0) is 29.3. The molecule has 0 radical (unpaired) electrons. The fourth-order valence-corrected chi connectivity index (χ4v) is 4.89. The monoisotopic (exact) mass is 564 g/mol. The van der Waals surface area contributed by atoms with E-state index in [9.17, 15) is 14.7 Å². The van der Waals surface area contributed by atoms with Crippen LogP contribution in [0.2, 0.25) is 0 Å². The van der Waals surface area contributed by atoms with E-state index < -0.39 is 23.7 Å². The summed E-state index contributed by atoms with van der Waals surface area (Å²) in [7, 11) is 0. The molecule has 4 aromatic rings. The molecule has 2 atom stereocenters. The molecule has 0 unspecified atom stereocenters. The first kappa shape index (κ1) is 28.1. The maximum absolute atomic E-state index is 15.2. The van der Waals surface area contributed by atoms with Crippen LogP contribution >= 0.6 is 0 Å². The molecule has 0 saturated carbocycles. The van der Waals surface area contributed by atoms with Crippen molar-refractivity contribution < 1.29 is 23.6 Å². The van der Waals surface area contributed by atoms with Crippen molar-refractivity contribution in [3.63, 3.8) is 0 Å². The molecule has 216 valence electrons. The van der Waals surface area contributed by atoms with Crippen LogP contribution < -0.4 is 10.6 Å². The number of likely N-dealkylation sites (tertiary alicyclic amines) is 1. The largest absolute Gasteiger partial charge is 0.387 e. The van der Waals surface area contributed by atoms with Crippen molar-refractivity contribution in [2.45, 2.75) is 64.6 Å². The number of aromatic amines is 1. The normalized spacial score (nSPS) is 17.6. The number of aliphatic hydroxyl groups excluding tert-OH is 1. The number of pyridine rings is 1. The molecule has 12 nitrogen and oxygen atoms in total. The summed E-state index contributed by atoms with van der Waals surface area (Å²) >= 11 is 0. The molecule has 2 amide bonds. The van der Waals surface area contributed by atoms with Gasteiger partial charge < -0.3 is 25.2 Å². The minimum atomic E-state index is -0.561. The van der Waals surface area contributed by atoms with Gasteiger partial charge in [0.2, 0.25) is 11.8 Å². The average Bonchev–Trinajstić information content (AvgIpc) is 3.61. The van der Waals surface area contributed by atoms with E-state index in [1.54, 1.807) is 29.3 Å². The van der Waals surface area contributed by atoms with Gasteiger partial charge in [-0.2, -0.15) is 10.1 Å². The predicted molar refractivity (Wildman–Crippen MR) is 148 cm³/mol. The van der Waals surface area contributed by atoms with Crippen LogP contribution in [0.4, 0.5) is 10.2 Å². The number of anilines is 1. The molecule has 4 N–H and O–H groups in total. The Morgan fingerprint density at radius 2 is 2.05 bits per heavy atom. The fourth-order valence-electron chi connectivity index (χ4n) is 4.89. The molecule has 1 saturated heterocycles. The topological polar surface area (TPSA) is 162 Å². The van der Waals surface area contributed by atoms with Gasteiger partial charge in [-0.25, -0.2) is 9.37 Å². The molecule has 41 heavy (non-hydrogen) atoms. The highest BCUT2D eigenvalue weighted by molar-refractivity contribution is 6.00. The number of benzene rings is 1. The molecule has 1 fully saturated rings. The lowest BCUT2D eigenvalue weighted by Gasteiger charge is -2.38. The van der Waals surface area contributed by atoms with Gasteiger partial charge in [-0.3, -0.25) is 14.7 Å². The molecule has 1 aliphatic heterocycles. The lowest BCUT2D eigenvalue weighted by atomic mass is 9.97. The van der Waals surface area contributed by atoms with Gasteiger partial charge in [-0.1, -0.05) is 38.1 Å². The number of nitrogens with zero attached hydrogens (tertiary/aromatic N) is 5. The zero-order valence-electron chi connectivity index (χ0n) is 23.4. The van der Waals surface area contributed by atoms with Crippen LogP contribution in [0, 0.1) is 5.82 Å². The molecular formula is C28H33FN8O4. The average molecular weight is 565 g/mol. The van der Waals surface area contributed by atoms with Crippen LogP contribution in [0.15, 0.2) is 35.0 Å². The first-order chi connectivity index (χ1) is 19.5. The quantitative estimate of drug-likeness (QED) is 0.264. The van der Waals surface area contributed by atoms with Crippen molar-refractivity contribution in [2.24, 2.45) is 0 Å². The second-order valence-electron chi connectivity index (χ2n) is 11.3. The van der Waals surface area contributed by atoms with E-state index in [0.29, 0.717) is 40.4 Å². The van der Waals surface area contributed by atoms with Gasteiger partial charge in [0, 0.05) is 42.3 Å². The minimum absolute atomic E-state index is 0.0419. The standard InChI is InChI=1S/C28H33FN8O4/c1-15-5-8-18(13-37(15)21(39)14-38)32-24-22-19(9-10-30-23(22)34-35-24)16-6-7-17(20(29)11-16)12-31-26(40)25-33-27(41-36-25)28(2,3)4/h6-7,9-11,15,18,38H,5,8,12-14H2,1-4H3,(H,31,40)(H2,30,32,34,35)/t15-,18+/m0/s1. The molecule has 5 rings (SSSR count). The SMILES string of the molecule is C[C@H]1CC[C@@H](Nc2n[nH]c3nccc(-c4ccc(CNC(=O)c5noc(C(C)(C)C)n5)c(F)c4)c23)CN1C(=O)CO. The van der Waals surface area contributed by atoms with Gasteiger partial charge in [0.1, 0.15) is 12.4 Å². The Morgan fingerprint density at radius 1 is 1.24 bits per heavy atom. The first-order valence-corrected chi connectivity index (χ1v) is 13.5. The van der Waals surface area contributed by atoms with E-state index >= 15 is 4.39 Å². The number of piperidine rings is 1. The van der Waals surface area contributed by atoms with E-state index in [1.165, 1.54) is 6.07 Å². The number of aromatic nitrogens is 5. The number of carbonyl (C=O) groups is 2. The molecule has 0 aliphatic carbocycles. The lowest BCUT2D eigenvalue weighted by Crippen LogP contribution is -2.50. The summed E-state index contributed by atoms with van der Waals surface area (Å²) in [6.45, 7) is 7.49. The Bertz CT molecular complexity index is 1580. The van der Waals surface area contributed by atoms with Gasteiger partial charge in [0.25, 0.3) is 11.7 Å². The summed E-state index contributed by atoms with van der Waals surface area (Å²) in [5.74, 6) is -0.587. The van der Waals surface area contributed by atoms with Crippen molar-refractivity contribution in [2.75, 3.05) is 18.5 Å². The van der Waals surface area contributed by atoms with Gasteiger partial charge in [-0.15, -0.1) is 0 Å². The molecule has 0 spiro atoms. The number of hydrogen-bond acceptors (Lipinski definition) is 9. The van der Waals surface area contributed by atoms with E-state index in [0.717, 1.165) is 18.4 Å². The molecular weight excluding hydrogens is 531 g/mol. The van der Waals surface area contributed by atoms with Crippen LogP contribution in [-0.4, -0.2) is 72.4 Å². The maximum Gasteiger partial charge on any atom is 0.292 e. The second-order valence-corrected chi connectivity index (χ2v) is 11.3. The van der Waals surface area contributed by atoms with Crippen molar-refractivity contribution in [1.29, 1.82) is 0 Å². The van der Waals surface area contributed by atoms with Gasteiger partial charge in [0.05, 0.1) is 5.39 Å². The first-order valence-electron chi connectivity index (χ1n) is 13.5. The number of fused-ring (bicyclic) bond motifs is 1. The number of aliphatic hydroxyl groups is 1. The van der Waals surface area contributed by atoms with Gasteiger partial charge in [-0.05, 0) is 43.0 Å². The van der Waals surface area contributed by atoms with E-state index in [4.69, 9.17) is 4.52 Å². The van der Waals surface area contributed by atoms with Crippen LogP contribution in [-0.2, 0) is 16.8 Å². The summed E-state index contributed by atoms with van der Waals surface area (Å²) in [6.07, 6.45) is 3.22. The van der Waals surface area contributed by atoms with Crippen molar-refractivity contribution in [1.82, 2.24) is 35.5 Å². The maximum atomic E-state index is 15.2. The summed E-state index contributed by atoms with van der Waals surface area (Å²) < 4.78 is 20.4. The molecule has 13 heteroatoms. The minimum Gasteiger partial charge on any atom is -0.387 e. The number of nitrogens with one attached hydrogen (secondary N) is 3. The zero-order valence-corrected chi connectivity index (χ0v) is 23.4. The van der Waals surface area contributed by atoms with E-state index in [2.05, 4.69) is 36.0 Å². The van der Waals surface area contributed by atoms with Crippen molar-refractivity contribution >= 4 is 28.7 Å². The smallest absolute Gasteiger partial charge is 0.292 e. The fraction of sp³-hybridized carbons (Fsp3) is 0.429. The van der Waals surface area contributed by atoms with Crippen molar-refractivity contribution in [3.05, 3.63) is 53.6 Å². The Morgan fingerprint density at radius 3 is 2.76 bits per heavy atom. The second kappa shape index (κ2) is 11.2. The summed E-state index contributed by atoms with van der Waals surface area (Å²) in [5.41, 5.74) is 1.75. The highest BCUT2D eigenvalue weighted by Gasteiger charge is 2.29. The van der Waals surface area contributed by atoms with Gasteiger partial charge in [0.15, 0.2) is 11.5 Å². The number of amides is 2. The summed E-state index contributed by atoms with van der Waals surface area (Å²) in [5, 5.41) is 27.1. The Labute approximate surface area is 235 Å². The Kier molecular flexibility index (Phi) is 7.72. The lowest BCUT2D eigenvalue weighted by molar-refractivity contribution is -0.137. The third kappa shape index (κ3) is 5.89.